The zero-order valence-electron chi connectivity index (χ0n) is 20.1. The Balaban J connectivity index is 1.44. The number of anilines is 2. The molecule has 9 heteroatoms. The number of benzene rings is 2. The van der Waals surface area contributed by atoms with Gasteiger partial charge in [0.15, 0.2) is 17.3 Å². The number of ether oxygens (including phenoxy) is 1. The van der Waals surface area contributed by atoms with Gasteiger partial charge in [-0.05, 0) is 54.4 Å². The fourth-order valence-electron chi connectivity index (χ4n) is 5.82. The van der Waals surface area contributed by atoms with E-state index in [1.165, 1.54) is 0 Å². The molecule has 3 aromatic rings. The summed E-state index contributed by atoms with van der Waals surface area (Å²) in [4.78, 5) is 17.3. The van der Waals surface area contributed by atoms with E-state index < -0.39 is 5.97 Å². The molecule has 0 spiro atoms. The van der Waals surface area contributed by atoms with Crippen LogP contribution in [0.3, 0.4) is 0 Å². The van der Waals surface area contributed by atoms with E-state index in [1.54, 1.807) is 7.11 Å². The molecule has 1 aliphatic heterocycles. The van der Waals surface area contributed by atoms with Crippen molar-refractivity contribution in [2.45, 2.75) is 32.2 Å². The van der Waals surface area contributed by atoms with Gasteiger partial charge in [-0.2, -0.15) is 0 Å². The van der Waals surface area contributed by atoms with Crippen LogP contribution < -0.4 is 15.0 Å². The quantitative estimate of drug-likeness (QED) is 0.393. The van der Waals surface area contributed by atoms with Gasteiger partial charge in [0, 0.05) is 36.8 Å². The molecule has 0 radical (unpaired) electrons. The Bertz CT molecular complexity index is 1330. The van der Waals surface area contributed by atoms with Crippen molar-refractivity contribution >= 4 is 45.7 Å². The summed E-state index contributed by atoms with van der Waals surface area (Å²) in [7, 11) is 1.58. The lowest BCUT2D eigenvalue weighted by Crippen LogP contribution is -2.49. The van der Waals surface area contributed by atoms with Gasteiger partial charge in [-0.3, -0.25) is 4.79 Å². The molecule has 5 rings (SSSR count). The van der Waals surface area contributed by atoms with Crippen LogP contribution in [0, 0.1) is 24.3 Å². The monoisotopic (exact) mass is 505 g/mol. The number of halogens is 1. The predicted octanol–water partition coefficient (Wildman–Crippen LogP) is 5.78. The number of hydrogen-bond donors (Lipinski definition) is 2. The highest BCUT2D eigenvalue weighted by Crippen LogP contribution is 2.44. The highest BCUT2D eigenvalue weighted by Gasteiger charge is 2.41. The zero-order valence-corrected chi connectivity index (χ0v) is 20.8. The van der Waals surface area contributed by atoms with E-state index in [2.05, 4.69) is 25.3 Å². The van der Waals surface area contributed by atoms with Crippen LogP contribution in [0.1, 0.15) is 31.2 Å². The van der Waals surface area contributed by atoms with Crippen LogP contribution in [-0.4, -0.2) is 41.5 Å². The number of carboxylic acid groups (broad SMARTS) is 1. The topological polar surface area (TPSA) is 91.9 Å². The van der Waals surface area contributed by atoms with Gasteiger partial charge >= 0.3 is 5.97 Å². The van der Waals surface area contributed by atoms with Crippen molar-refractivity contribution in [3.8, 4) is 5.75 Å². The van der Waals surface area contributed by atoms with Gasteiger partial charge in [-0.25, -0.2) is 4.85 Å². The van der Waals surface area contributed by atoms with E-state index in [4.69, 9.17) is 22.9 Å². The van der Waals surface area contributed by atoms with Crippen LogP contribution in [0.15, 0.2) is 36.4 Å². The summed E-state index contributed by atoms with van der Waals surface area (Å²) in [5.41, 5.74) is 1.50. The van der Waals surface area contributed by atoms with Crippen LogP contribution in [0.25, 0.3) is 15.6 Å². The van der Waals surface area contributed by atoms with Gasteiger partial charge in [-0.15, -0.1) is 10.2 Å². The first-order chi connectivity index (χ1) is 17.5. The number of fused-ring (bicyclic) bond motifs is 3. The van der Waals surface area contributed by atoms with Crippen molar-refractivity contribution in [2.75, 3.05) is 30.4 Å². The number of methoxy groups -OCH3 is 1. The van der Waals surface area contributed by atoms with Crippen molar-refractivity contribution < 1.29 is 14.6 Å². The number of hydrogen-bond acceptors (Lipinski definition) is 6. The summed E-state index contributed by atoms with van der Waals surface area (Å²) >= 11 is 6.28. The van der Waals surface area contributed by atoms with Crippen molar-refractivity contribution in [1.82, 2.24) is 10.2 Å². The van der Waals surface area contributed by atoms with E-state index in [-0.39, 0.29) is 12.3 Å². The second-order valence-electron chi connectivity index (χ2n) is 9.65. The van der Waals surface area contributed by atoms with Crippen molar-refractivity contribution in [1.29, 1.82) is 0 Å². The van der Waals surface area contributed by atoms with Crippen molar-refractivity contribution in [2.24, 2.45) is 17.8 Å². The van der Waals surface area contributed by atoms with Gasteiger partial charge in [-0.1, -0.05) is 36.2 Å². The molecule has 2 N–H and O–H groups in total. The largest absolute Gasteiger partial charge is 0.495 e. The minimum absolute atomic E-state index is 0.220. The van der Waals surface area contributed by atoms with Gasteiger partial charge < -0.3 is 20.1 Å². The van der Waals surface area contributed by atoms with Crippen LogP contribution in [0.5, 0.6) is 5.75 Å². The molecule has 2 fully saturated rings. The van der Waals surface area contributed by atoms with Crippen molar-refractivity contribution in [3.63, 3.8) is 0 Å². The summed E-state index contributed by atoms with van der Waals surface area (Å²) in [6, 6.07) is 11.2. The second-order valence-corrected chi connectivity index (χ2v) is 10.1. The van der Waals surface area contributed by atoms with Gasteiger partial charge in [0.2, 0.25) is 0 Å². The molecular formula is C27H28ClN5O3. The highest BCUT2D eigenvalue weighted by atomic mass is 35.5. The van der Waals surface area contributed by atoms with E-state index in [1.807, 2.05) is 36.4 Å². The maximum atomic E-state index is 11.5. The first-order valence-corrected chi connectivity index (χ1v) is 12.6. The Labute approximate surface area is 215 Å². The van der Waals surface area contributed by atoms with Crippen LogP contribution >= 0.6 is 11.6 Å². The minimum Gasteiger partial charge on any atom is -0.495 e. The Morgan fingerprint density at radius 3 is 2.64 bits per heavy atom. The van der Waals surface area contributed by atoms with Gasteiger partial charge in [0.05, 0.1) is 18.7 Å². The SMILES string of the molecule is [C-]#[N+]c1ccc2c(N3CC4CCCC(C3)C4CC(=O)O)nnc(NCc3ccc(OC)c(Cl)c3)c2c1. The molecular weight excluding hydrogens is 478 g/mol. The van der Waals surface area contributed by atoms with Crippen molar-refractivity contribution in [3.05, 3.63) is 58.4 Å². The molecule has 0 amide bonds. The molecule has 1 saturated carbocycles. The molecule has 2 atom stereocenters. The van der Waals surface area contributed by atoms with E-state index in [0.717, 1.165) is 54.5 Å². The maximum Gasteiger partial charge on any atom is 0.303 e. The van der Waals surface area contributed by atoms with Crippen LogP contribution in [0.4, 0.5) is 17.3 Å². The number of aromatic nitrogens is 2. The average molecular weight is 506 g/mol. The standard InChI is InChI=1S/C27H28ClN5O3/c1-29-19-7-8-20-22(11-19)26(30-13-16-6-9-24(36-2)23(28)10-16)31-32-27(20)33-14-17-4-3-5-18(15-33)21(17)12-25(34)35/h6-11,17-18,21H,3-5,12-15H2,2H3,(H,30,31)(H,34,35). The fraction of sp³-hybridized carbons (Fsp3) is 0.407. The van der Waals surface area contributed by atoms with E-state index in [9.17, 15) is 9.90 Å². The lowest BCUT2D eigenvalue weighted by molar-refractivity contribution is -0.139. The first kappa shape index (κ1) is 24.1. The molecule has 1 saturated heterocycles. The lowest BCUT2D eigenvalue weighted by atomic mass is 9.67. The van der Waals surface area contributed by atoms with E-state index in [0.29, 0.717) is 40.7 Å². The fourth-order valence-corrected chi connectivity index (χ4v) is 6.11. The third kappa shape index (κ3) is 4.76. The number of rotatable bonds is 7. The first-order valence-electron chi connectivity index (χ1n) is 12.2. The Morgan fingerprint density at radius 1 is 1.19 bits per heavy atom. The summed E-state index contributed by atoms with van der Waals surface area (Å²) in [5.74, 6) is 2.20. The smallest absolute Gasteiger partial charge is 0.303 e. The Kier molecular flexibility index (Phi) is 6.84. The number of aliphatic carboxylic acids is 1. The number of nitrogens with zero attached hydrogens (tertiary/aromatic N) is 4. The molecule has 2 heterocycles. The number of carboxylic acids is 1. The molecule has 2 unspecified atom stereocenters. The van der Waals surface area contributed by atoms with Crippen LogP contribution in [0.2, 0.25) is 5.02 Å². The normalized spacial score (nSPS) is 21.1. The molecule has 1 aromatic heterocycles. The summed E-state index contributed by atoms with van der Waals surface area (Å²) in [6.07, 6.45) is 3.48. The number of nitrogens with one attached hydrogen (secondary N) is 1. The summed E-state index contributed by atoms with van der Waals surface area (Å²) in [5, 5.41) is 24.2. The molecule has 186 valence electrons. The summed E-state index contributed by atoms with van der Waals surface area (Å²) < 4.78 is 5.23. The minimum atomic E-state index is -0.712. The Hall–Kier alpha value is -3.57. The van der Waals surface area contributed by atoms with E-state index >= 15 is 0 Å². The lowest BCUT2D eigenvalue weighted by Gasteiger charge is -2.47. The molecule has 8 nitrogen and oxygen atoms in total. The second kappa shape index (κ2) is 10.2. The number of piperidine rings is 1. The zero-order chi connectivity index (χ0) is 25.2. The molecule has 2 bridgehead atoms. The van der Waals surface area contributed by atoms with Crippen LogP contribution in [-0.2, 0) is 11.3 Å². The third-order valence-corrected chi connectivity index (χ3v) is 7.83. The molecule has 36 heavy (non-hydrogen) atoms. The number of carbonyl (C=O) groups is 1. The highest BCUT2D eigenvalue weighted by molar-refractivity contribution is 6.32. The average Bonchev–Trinajstić information content (AvgIpc) is 2.86. The van der Waals surface area contributed by atoms with Gasteiger partial charge in [0.25, 0.3) is 0 Å². The molecule has 2 aromatic carbocycles. The predicted molar refractivity (Wildman–Crippen MR) is 140 cm³/mol. The Morgan fingerprint density at radius 2 is 1.97 bits per heavy atom. The van der Waals surface area contributed by atoms with Gasteiger partial charge in [0.1, 0.15) is 5.75 Å². The molecule has 1 aliphatic carbocycles. The summed E-state index contributed by atoms with van der Waals surface area (Å²) in [6.45, 7) is 9.53. The maximum absolute atomic E-state index is 11.5. The third-order valence-electron chi connectivity index (χ3n) is 7.53. The molecule has 2 aliphatic rings.